The Balaban J connectivity index is 2.19. The normalized spacial score (nSPS) is 10.8. The molecule has 0 aliphatic rings. The van der Waals surface area contributed by atoms with Crippen LogP contribution < -0.4 is 5.73 Å². The molecular formula is C9H6N6OS. The van der Waals surface area contributed by atoms with E-state index in [2.05, 4.69) is 20.3 Å². The van der Waals surface area contributed by atoms with Gasteiger partial charge in [0.2, 0.25) is 0 Å². The molecule has 0 atom stereocenters. The Bertz CT molecular complexity index is 702. The Labute approximate surface area is 98.9 Å². The third-order valence-electron chi connectivity index (χ3n) is 2.18. The van der Waals surface area contributed by atoms with E-state index >= 15 is 0 Å². The van der Waals surface area contributed by atoms with Gasteiger partial charge < -0.3 is 5.73 Å². The van der Waals surface area contributed by atoms with Crippen LogP contribution in [0.4, 0.5) is 0 Å². The summed E-state index contributed by atoms with van der Waals surface area (Å²) in [6.45, 7) is 0. The molecule has 8 heteroatoms. The number of amides is 1. The van der Waals surface area contributed by atoms with E-state index in [1.54, 1.807) is 23.1 Å². The Morgan fingerprint density at radius 3 is 2.94 bits per heavy atom. The molecule has 0 unspecified atom stereocenters. The standard InChI is InChI=1S/C9H6N6OS/c10-8(16)7-4-12-9(17-7)6-3-11-1-5-2-13-14-15(5)6/h1-4H,(H2,10,16). The number of fused-ring (bicyclic) bond motifs is 1. The monoisotopic (exact) mass is 246 g/mol. The van der Waals surface area contributed by atoms with Crippen molar-refractivity contribution in [2.24, 2.45) is 5.73 Å². The first kappa shape index (κ1) is 9.85. The zero-order chi connectivity index (χ0) is 11.8. The van der Waals surface area contributed by atoms with Gasteiger partial charge in [0.05, 0.1) is 24.8 Å². The molecule has 0 radical (unpaired) electrons. The molecule has 3 rings (SSSR count). The summed E-state index contributed by atoms with van der Waals surface area (Å²) in [5.41, 5.74) is 6.62. The van der Waals surface area contributed by atoms with Crippen LogP contribution in [-0.2, 0) is 0 Å². The highest BCUT2D eigenvalue weighted by molar-refractivity contribution is 7.16. The van der Waals surface area contributed by atoms with Crippen molar-refractivity contribution in [3.05, 3.63) is 29.7 Å². The summed E-state index contributed by atoms with van der Waals surface area (Å²) in [5, 5.41) is 8.34. The first-order valence-electron chi connectivity index (χ1n) is 4.66. The summed E-state index contributed by atoms with van der Waals surface area (Å²) in [5.74, 6) is -0.493. The fraction of sp³-hybridized carbons (Fsp3) is 0. The number of aromatic nitrogens is 5. The fourth-order valence-corrected chi connectivity index (χ4v) is 2.17. The minimum atomic E-state index is -0.493. The number of nitrogens with two attached hydrogens (primary N) is 1. The molecule has 17 heavy (non-hydrogen) atoms. The minimum Gasteiger partial charge on any atom is -0.365 e. The summed E-state index contributed by atoms with van der Waals surface area (Å²) < 4.78 is 1.61. The summed E-state index contributed by atoms with van der Waals surface area (Å²) in [7, 11) is 0. The number of thiazole rings is 1. The van der Waals surface area contributed by atoms with Gasteiger partial charge in [-0.05, 0) is 0 Å². The molecular weight excluding hydrogens is 240 g/mol. The summed E-state index contributed by atoms with van der Waals surface area (Å²) >= 11 is 1.20. The second-order valence-corrected chi connectivity index (χ2v) is 4.29. The van der Waals surface area contributed by atoms with Gasteiger partial charge in [0.15, 0.2) is 0 Å². The molecule has 7 nitrogen and oxygen atoms in total. The van der Waals surface area contributed by atoms with Crippen LogP contribution in [0.5, 0.6) is 0 Å². The van der Waals surface area contributed by atoms with Crippen LogP contribution in [0.3, 0.4) is 0 Å². The van der Waals surface area contributed by atoms with Crippen LogP contribution >= 0.6 is 11.3 Å². The van der Waals surface area contributed by atoms with E-state index in [1.807, 2.05) is 0 Å². The maximum atomic E-state index is 11.0. The van der Waals surface area contributed by atoms with Crippen LogP contribution in [0.25, 0.3) is 16.2 Å². The SMILES string of the molecule is NC(=O)c1cnc(-c2cncc3cnnn23)s1. The number of nitrogens with zero attached hydrogens (tertiary/aromatic N) is 5. The molecule has 0 spiro atoms. The Morgan fingerprint density at radius 2 is 2.18 bits per heavy atom. The van der Waals surface area contributed by atoms with Gasteiger partial charge in [-0.2, -0.15) is 0 Å². The molecule has 0 saturated heterocycles. The number of primary amides is 1. The lowest BCUT2D eigenvalue weighted by Gasteiger charge is -1.97. The van der Waals surface area contributed by atoms with E-state index in [0.717, 1.165) is 5.52 Å². The van der Waals surface area contributed by atoms with E-state index in [0.29, 0.717) is 15.6 Å². The highest BCUT2D eigenvalue weighted by Crippen LogP contribution is 2.24. The zero-order valence-corrected chi connectivity index (χ0v) is 9.26. The Hall–Kier alpha value is -2.35. The van der Waals surface area contributed by atoms with Gasteiger partial charge in [-0.15, -0.1) is 16.4 Å². The number of carbonyl (C=O) groups is 1. The van der Waals surface area contributed by atoms with Gasteiger partial charge in [0, 0.05) is 0 Å². The molecule has 2 N–H and O–H groups in total. The second-order valence-electron chi connectivity index (χ2n) is 3.26. The lowest BCUT2D eigenvalue weighted by atomic mass is 10.4. The first-order valence-corrected chi connectivity index (χ1v) is 5.48. The molecule has 84 valence electrons. The molecule has 0 aliphatic carbocycles. The van der Waals surface area contributed by atoms with Gasteiger partial charge in [-0.1, -0.05) is 5.21 Å². The Kier molecular flexibility index (Phi) is 2.08. The maximum absolute atomic E-state index is 11.0. The molecule has 3 heterocycles. The van der Waals surface area contributed by atoms with Crippen molar-refractivity contribution in [1.82, 2.24) is 24.8 Å². The van der Waals surface area contributed by atoms with Gasteiger partial charge in [0.1, 0.15) is 21.1 Å². The largest absolute Gasteiger partial charge is 0.365 e. The van der Waals surface area contributed by atoms with Crippen molar-refractivity contribution in [3.8, 4) is 10.7 Å². The number of hydrogen-bond acceptors (Lipinski definition) is 6. The lowest BCUT2D eigenvalue weighted by molar-refractivity contribution is 0.100. The van der Waals surface area contributed by atoms with Crippen molar-refractivity contribution in [2.75, 3.05) is 0 Å². The van der Waals surface area contributed by atoms with E-state index < -0.39 is 5.91 Å². The van der Waals surface area contributed by atoms with Crippen molar-refractivity contribution in [1.29, 1.82) is 0 Å². The van der Waals surface area contributed by atoms with Crippen molar-refractivity contribution < 1.29 is 4.79 Å². The van der Waals surface area contributed by atoms with Crippen molar-refractivity contribution in [2.45, 2.75) is 0 Å². The fourth-order valence-electron chi connectivity index (χ4n) is 1.41. The summed E-state index contributed by atoms with van der Waals surface area (Å²) in [6.07, 6.45) is 6.30. The number of hydrogen-bond donors (Lipinski definition) is 1. The van der Waals surface area contributed by atoms with Gasteiger partial charge in [-0.3, -0.25) is 9.78 Å². The average molecular weight is 246 g/mol. The highest BCUT2D eigenvalue weighted by Gasteiger charge is 2.12. The third kappa shape index (κ3) is 1.54. The molecule has 0 aromatic carbocycles. The molecule has 3 aromatic rings. The number of rotatable bonds is 2. The molecule has 0 saturated carbocycles. The van der Waals surface area contributed by atoms with E-state index in [-0.39, 0.29) is 0 Å². The predicted octanol–water partition coefficient (Wildman–Crippen LogP) is 0.347. The molecule has 1 amide bonds. The molecule has 0 fully saturated rings. The third-order valence-corrected chi connectivity index (χ3v) is 3.21. The van der Waals surface area contributed by atoms with Gasteiger partial charge in [-0.25, -0.2) is 9.50 Å². The van der Waals surface area contributed by atoms with Crippen LogP contribution in [0.2, 0.25) is 0 Å². The predicted molar refractivity (Wildman–Crippen MR) is 60.4 cm³/mol. The van der Waals surface area contributed by atoms with E-state index in [1.165, 1.54) is 17.5 Å². The topological polar surface area (TPSA) is 99.1 Å². The smallest absolute Gasteiger partial charge is 0.260 e. The van der Waals surface area contributed by atoms with Crippen LogP contribution in [0.15, 0.2) is 24.8 Å². The van der Waals surface area contributed by atoms with E-state index in [9.17, 15) is 4.79 Å². The average Bonchev–Trinajstić information content (AvgIpc) is 2.97. The second kappa shape index (κ2) is 3.59. The zero-order valence-electron chi connectivity index (χ0n) is 8.44. The summed E-state index contributed by atoms with van der Waals surface area (Å²) in [6, 6.07) is 0. The highest BCUT2D eigenvalue weighted by atomic mass is 32.1. The van der Waals surface area contributed by atoms with E-state index in [4.69, 9.17) is 5.73 Å². The van der Waals surface area contributed by atoms with Gasteiger partial charge >= 0.3 is 0 Å². The molecule has 3 aromatic heterocycles. The molecule has 0 bridgehead atoms. The van der Waals surface area contributed by atoms with Crippen LogP contribution in [-0.4, -0.2) is 30.7 Å². The van der Waals surface area contributed by atoms with Gasteiger partial charge in [0.25, 0.3) is 5.91 Å². The van der Waals surface area contributed by atoms with Crippen molar-refractivity contribution in [3.63, 3.8) is 0 Å². The van der Waals surface area contributed by atoms with Crippen LogP contribution in [0.1, 0.15) is 9.67 Å². The maximum Gasteiger partial charge on any atom is 0.260 e. The first-order chi connectivity index (χ1) is 8.25. The lowest BCUT2D eigenvalue weighted by Crippen LogP contribution is -2.08. The van der Waals surface area contributed by atoms with Crippen LogP contribution in [0, 0.1) is 0 Å². The minimum absolute atomic E-state index is 0.400. The van der Waals surface area contributed by atoms with Crippen molar-refractivity contribution >= 4 is 22.8 Å². The Morgan fingerprint density at radius 1 is 1.29 bits per heavy atom. The molecule has 0 aliphatic heterocycles. The quantitative estimate of drug-likeness (QED) is 0.703. The number of carbonyl (C=O) groups excluding carboxylic acids is 1. The summed E-state index contributed by atoms with van der Waals surface area (Å²) in [4.78, 5) is 19.6.